The summed E-state index contributed by atoms with van der Waals surface area (Å²) in [5, 5.41) is 2.71. The SMILES string of the molecule is CC1(c2ccc(Cl)cc2)CCN(C(=O)c2ccc(S(=O)(=O)Nc3nccs3)cc2)CC1. The smallest absolute Gasteiger partial charge is 0.263 e. The van der Waals surface area contributed by atoms with Crippen LogP contribution in [0.15, 0.2) is 65.0 Å². The molecule has 1 aliphatic heterocycles. The Labute approximate surface area is 190 Å². The molecule has 0 bridgehead atoms. The van der Waals surface area contributed by atoms with Crippen LogP contribution in [0.2, 0.25) is 5.02 Å². The predicted molar refractivity (Wildman–Crippen MR) is 123 cm³/mol. The summed E-state index contributed by atoms with van der Waals surface area (Å²) in [5.41, 5.74) is 1.70. The molecule has 9 heteroatoms. The van der Waals surface area contributed by atoms with Crippen LogP contribution in [0.3, 0.4) is 0 Å². The minimum Gasteiger partial charge on any atom is -0.339 e. The van der Waals surface area contributed by atoms with Gasteiger partial charge in [0.05, 0.1) is 4.90 Å². The average Bonchev–Trinajstić information content (AvgIpc) is 3.26. The highest BCUT2D eigenvalue weighted by Crippen LogP contribution is 2.36. The van der Waals surface area contributed by atoms with E-state index in [1.54, 1.807) is 17.5 Å². The normalized spacial score (nSPS) is 16.1. The van der Waals surface area contributed by atoms with E-state index >= 15 is 0 Å². The van der Waals surface area contributed by atoms with Gasteiger partial charge in [-0.3, -0.25) is 9.52 Å². The summed E-state index contributed by atoms with van der Waals surface area (Å²) in [6.45, 7) is 3.50. The largest absolute Gasteiger partial charge is 0.339 e. The monoisotopic (exact) mass is 475 g/mol. The molecule has 4 rings (SSSR count). The fourth-order valence-electron chi connectivity index (χ4n) is 3.75. The Morgan fingerprint density at radius 3 is 2.32 bits per heavy atom. The summed E-state index contributed by atoms with van der Waals surface area (Å²) >= 11 is 7.21. The number of anilines is 1. The maximum Gasteiger partial charge on any atom is 0.263 e. The standard InChI is InChI=1S/C22H22ClN3O3S2/c1-22(17-4-6-18(23)7-5-17)10-13-26(14-11-22)20(27)16-2-8-19(9-3-16)31(28,29)25-21-24-12-15-30-21/h2-9,12,15H,10-11,13-14H2,1H3,(H,24,25). The minimum atomic E-state index is -3.74. The zero-order valence-corrected chi connectivity index (χ0v) is 19.3. The van der Waals surface area contributed by atoms with Gasteiger partial charge in [0.15, 0.2) is 5.13 Å². The third kappa shape index (κ3) is 4.76. The Kier molecular flexibility index (Phi) is 6.05. The number of hydrogen-bond acceptors (Lipinski definition) is 5. The van der Waals surface area contributed by atoms with Crippen LogP contribution in [0, 0.1) is 0 Å². The first-order valence-corrected chi connectivity index (χ1v) is 12.6. The zero-order valence-electron chi connectivity index (χ0n) is 16.9. The maximum atomic E-state index is 12.9. The molecule has 162 valence electrons. The Morgan fingerprint density at radius 1 is 1.10 bits per heavy atom. The number of benzene rings is 2. The van der Waals surface area contributed by atoms with Gasteiger partial charge in [0, 0.05) is 35.3 Å². The van der Waals surface area contributed by atoms with Crippen LogP contribution in [-0.4, -0.2) is 37.3 Å². The van der Waals surface area contributed by atoms with Crippen LogP contribution in [0.1, 0.15) is 35.7 Å². The lowest BCUT2D eigenvalue weighted by Crippen LogP contribution is -2.43. The molecule has 0 spiro atoms. The number of likely N-dealkylation sites (tertiary alicyclic amines) is 1. The molecule has 0 atom stereocenters. The first kappa shape index (κ1) is 21.8. The van der Waals surface area contributed by atoms with Gasteiger partial charge in [0.25, 0.3) is 15.9 Å². The maximum absolute atomic E-state index is 12.9. The highest BCUT2D eigenvalue weighted by atomic mass is 35.5. The number of aromatic nitrogens is 1. The van der Waals surface area contributed by atoms with Gasteiger partial charge in [-0.25, -0.2) is 13.4 Å². The van der Waals surface area contributed by atoms with E-state index in [-0.39, 0.29) is 16.2 Å². The van der Waals surface area contributed by atoms with Crippen LogP contribution in [0.4, 0.5) is 5.13 Å². The third-order valence-corrected chi connectivity index (χ3v) is 8.19. The molecule has 31 heavy (non-hydrogen) atoms. The number of nitrogens with zero attached hydrogens (tertiary/aromatic N) is 2. The molecule has 1 amide bonds. The molecule has 2 aromatic carbocycles. The number of sulfonamides is 1. The molecule has 2 heterocycles. The van der Waals surface area contributed by atoms with Crippen molar-refractivity contribution in [2.75, 3.05) is 17.8 Å². The van der Waals surface area contributed by atoms with Gasteiger partial charge in [-0.15, -0.1) is 11.3 Å². The highest BCUT2D eigenvalue weighted by molar-refractivity contribution is 7.93. The summed E-state index contributed by atoms with van der Waals surface area (Å²) in [4.78, 5) is 18.8. The van der Waals surface area contributed by atoms with Gasteiger partial charge in [0.1, 0.15) is 0 Å². The number of nitrogens with one attached hydrogen (secondary N) is 1. The molecule has 1 aliphatic rings. The number of hydrogen-bond donors (Lipinski definition) is 1. The first-order chi connectivity index (χ1) is 14.8. The van der Waals surface area contributed by atoms with Gasteiger partial charge >= 0.3 is 0 Å². The average molecular weight is 476 g/mol. The number of amides is 1. The van der Waals surface area contributed by atoms with E-state index in [2.05, 4.69) is 28.8 Å². The lowest BCUT2D eigenvalue weighted by Gasteiger charge is -2.40. The molecule has 0 aliphatic carbocycles. The van der Waals surface area contributed by atoms with Crippen molar-refractivity contribution in [3.63, 3.8) is 0 Å². The zero-order chi connectivity index (χ0) is 22.1. The summed E-state index contributed by atoms with van der Waals surface area (Å²) in [6, 6.07) is 13.9. The van der Waals surface area contributed by atoms with Crippen LogP contribution in [0.5, 0.6) is 0 Å². The summed E-state index contributed by atoms with van der Waals surface area (Å²) < 4.78 is 27.4. The third-order valence-electron chi connectivity index (χ3n) is 5.76. The molecule has 3 aromatic rings. The number of carbonyl (C=O) groups is 1. The van der Waals surface area contributed by atoms with E-state index in [4.69, 9.17) is 11.6 Å². The van der Waals surface area contributed by atoms with Crippen molar-refractivity contribution in [1.82, 2.24) is 9.88 Å². The number of halogens is 1. The predicted octanol–water partition coefficient (Wildman–Crippen LogP) is 4.79. The Balaban J connectivity index is 1.42. The van der Waals surface area contributed by atoms with Crippen LogP contribution >= 0.6 is 22.9 Å². The van der Waals surface area contributed by atoms with Crippen LogP contribution in [0.25, 0.3) is 0 Å². The second kappa shape index (κ2) is 8.61. The van der Waals surface area contributed by atoms with E-state index in [0.29, 0.717) is 28.8 Å². The molecule has 1 aromatic heterocycles. The van der Waals surface area contributed by atoms with Gasteiger partial charge in [0.2, 0.25) is 0 Å². The quantitative estimate of drug-likeness (QED) is 0.575. The van der Waals surface area contributed by atoms with E-state index in [1.165, 1.54) is 35.2 Å². The topological polar surface area (TPSA) is 79.4 Å². The fraction of sp³-hybridized carbons (Fsp3) is 0.273. The van der Waals surface area contributed by atoms with Gasteiger partial charge in [-0.2, -0.15) is 0 Å². The first-order valence-electron chi connectivity index (χ1n) is 9.85. The van der Waals surface area contributed by atoms with E-state index in [9.17, 15) is 13.2 Å². The molecule has 6 nitrogen and oxygen atoms in total. The lowest BCUT2D eigenvalue weighted by atomic mass is 9.74. The Morgan fingerprint density at radius 2 is 1.74 bits per heavy atom. The highest BCUT2D eigenvalue weighted by Gasteiger charge is 2.33. The second-order valence-electron chi connectivity index (χ2n) is 7.83. The molecular weight excluding hydrogens is 454 g/mol. The van der Waals surface area contributed by atoms with Crippen LogP contribution in [-0.2, 0) is 15.4 Å². The van der Waals surface area contributed by atoms with E-state index in [1.807, 2.05) is 17.0 Å². The van der Waals surface area contributed by atoms with E-state index in [0.717, 1.165) is 12.8 Å². The second-order valence-corrected chi connectivity index (χ2v) is 10.8. The molecule has 1 fully saturated rings. The molecule has 0 saturated carbocycles. The van der Waals surface area contributed by atoms with Gasteiger partial charge in [-0.1, -0.05) is 30.7 Å². The minimum absolute atomic E-state index is 0.000796. The fourth-order valence-corrected chi connectivity index (χ4v) is 5.67. The van der Waals surface area contributed by atoms with Crippen molar-refractivity contribution >= 4 is 44.0 Å². The number of rotatable bonds is 5. The molecule has 1 N–H and O–H groups in total. The van der Waals surface area contributed by atoms with Crippen molar-refractivity contribution in [3.8, 4) is 0 Å². The van der Waals surface area contributed by atoms with E-state index < -0.39 is 10.0 Å². The van der Waals surface area contributed by atoms with Crippen molar-refractivity contribution in [1.29, 1.82) is 0 Å². The Bertz CT molecular complexity index is 1150. The van der Waals surface area contributed by atoms with Crippen molar-refractivity contribution < 1.29 is 13.2 Å². The van der Waals surface area contributed by atoms with Crippen molar-refractivity contribution in [2.45, 2.75) is 30.1 Å². The van der Waals surface area contributed by atoms with Crippen molar-refractivity contribution in [2.24, 2.45) is 0 Å². The summed E-state index contributed by atoms with van der Waals surface area (Å²) in [5.74, 6) is -0.0880. The lowest BCUT2D eigenvalue weighted by molar-refractivity contribution is 0.0676. The number of piperidine rings is 1. The molecule has 1 saturated heterocycles. The van der Waals surface area contributed by atoms with Crippen molar-refractivity contribution in [3.05, 3.63) is 76.3 Å². The molecule has 0 radical (unpaired) electrons. The van der Waals surface area contributed by atoms with Gasteiger partial charge < -0.3 is 4.90 Å². The molecular formula is C22H22ClN3O3S2. The Hall–Kier alpha value is -2.42. The number of thiazole rings is 1. The summed E-state index contributed by atoms with van der Waals surface area (Å²) in [6.07, 6.45) is 3.23. The van der Waals surface area contributed by atoms with Gasteiger partial charge in [-0.05, 0) is 60.2 Å². The van der Waals surface area contributed by atoms with Crippen LogP contribution < -0.4 is 4.72 Å². The number of carbonyl (C=O) groups excluding carboxylic acids is 1. The molecule has 0 unspecified atom stereocenters. The summed E-state index contributed by atoms with van der Waals surface area (Å²) in [7, 11) is -3.74.